The van der Waals surface area contributed by atoms with Gasteiger partial charge in [0.05, 0.1) is 5.69 Å². The first-order valence-electron chi connectivity index (χ1n) is 3.30. The van der Waals surface area contributed by atoms with Crippen molar-refractivity contribution in [1.29, 1.82) is 0 Å². The molecule has 1 rings (SSSR count). The zero-order chi connectivity index (χ0) is 8.81. The summed E-state index contributed by atoms with van der Waals surface area (Å²) in [6, 6.07) is 9.67. The second-order valence-corrected chi connectivity index (χ2v) is 3.33. The summed E-state index contributed by atoms with van der Waals surface area (Å²) in [7, 11) is 0. The van der Waals surface area contributed by atoms with E-state index in [4.69, 9.17) is 17.4 Å². The van der Waals surface area contributed by atoms with Gasteiger partial charge in [-0.15, -0.1) is 0 Å². The Kier molecular flexibility index (Phi) is 3.86. The molecule has 0 unspecified atom stereocenters. The fraction of sp³-hybridized carbons (Fsp3) is 0. The SMILES string of the molecule is NSC(=S)NNc1ccccc1. The minimum Gasteiger partial charge on any atom is -0.300 e. The maximum absolute atomic E-state index is 5.21. The molecule has 0 radical (unpaired) electrons. The van der Waals surface area contributed by atoms with E-state index < -0.39 is 0 Å². The lowest BCUT2D eigenvalue weighted by molar-refractivity contribution is 1.16. The smallest absolute Gasteiger partial charge is 0.167 e. The van der Waals surface area contributed by atoms with Crippen molar-refractivity contribution in [2.24, 2.45) is 5.14 Å². The molecule has 1 aromatic rings. The number of hydrazine groups is 1. The van der Waals surface area contributed by atoms with Crippen LogP contribution in [-0.2, 0) is 0 Å². The predicted molar refractivity (Wildman–Crippen MR) is 57.6 cm³/mol. The number of anilines is 1. The lowest BCUT2D eigenvalue weighted by Gasteiger charge is -2.07. The monoisotopic (exact) mass is 199 g/mol. The number of nitrogens with one attached hydrogen (secondary N) is 2. The van der Waals surface area contributed by atoms with Crippen LogP contribution < -0.4 is 16.0 Å². The molecule has 0 heterocycles. The van der Waals surface area contributed by atoms with Crippen molar-refractivity contribution >= 4 is 34.2 Å². The zero-order valence-corrected chi connectivity index (χ0v) is 7.91. The first-order chi connectivity index (χ1) is 5.83. The van der Waals surface area contributed by atoms with E-state index in [9.17, 15) is 0 Å². The molecule has 0 aliphatic rings. The molecule has 12 heavy (non-hydrogen) atoms. The van der Waals surface area contributed by atoms with E-state index >= 15 is 0 Å². The fourth-order valence-electron chi connectivity index (χ4n) is 0.674. The van der Waals surface area contributed by atoms with E-state index in [2.05, 4.69) is 10.9 Å². The van der Waals surface area contributed by atoms with Crippen molar-refractivity contribution in [3.8, 4) is 0 Å². The highest BCUT2D eigenvalue weighted by Crippen LogP contribution is 2.02. The van der Waals surface area contributed by atoms with Crippen LogP contribution in [0.25, 0.3) is 0 Å². The summed E-state index contributed by atoms with van der Waals surface area (Å²) in [6.45, 7) is 0. The summed E-state index contributed by atoms with van der Waals surface area (Å²) in [5, 5.41) is 5.21. The first-order valence-corrected chi connectivity index (χ1v) is 4.59. The van der Waals surface area contributed by atoms with Gasteiger partial charge in [-0.1, -0.05) is 18.2 Å². The summed E-state index contributed by atoms with van der Waals surface area (Å²) in [5.74, 6) is 0. The van der Waals surface area contributed by atoms with Crippen molar-refractivity contribution in [2.75, 3.05) is 5.43 Å². The van der Waals surface area contributed by atoms with Crippen molar-refractivity contribution < 1.29 is 0 Å². The lowest BCUT2D eigenvalue weighted by Crippen LogP contribution is -2.26. The van der Waals surface area contributed by atoms with Crippen molar-refractivity contribution in [3.05, 3.63) is 30.3 Å². The largest absolute Gasteiger partial charge is 0.300 e. The minimum atomic E-state index is 0.513. The van der Waals surface area contributed by atoms with E-state index in [0.29, 0.717) is 4.32 Å². The van der Waals surface area contributed by atoms with Gasteiger partial charge in [0.1, 0.15) is 0 Å². The Morgan fingerprint density at radius 2 is 2.00 bits per heavy atom. The average Bonchev–Trinajstić information content (AvgIpc) is 2.16. The molecule has 64 valence electrons. The molecule has 5 heteroatoms. The first kappa shape index (κ1) is 9.31. The third-order valence-corrected chi connectivity index (χ3v) is 1.90. The maximum Gasteiger partial charge on any atom is 0.167 e. The molecule has 0 spiro atoms. The van der Waals surface area contributed by atoms with Crippen LogP contribution in [0.2, 0.25) is 0 Å². The highest BCUT2D eigenvalue weighted by Gasteiger charge is 1.91. The van der Waals surface area contributed by atoms with Crippen LogP contribution >= 0.6 is 24.2 Å². The molecule has 0 aromatic heterocycles. The van der Waals surface area contributed by atoms with Gasteiger partial charge < -0.3 is 0 Å². The van der Waals surface area contributed by atoms with E-state index in [-0.39, 0.29) is 0 Å². The van der Waals surface area contributed by atoms with Gasteiger partial charge in [-0.2, -0.15) is 0 Å². The Morgan fingerprint density at radius 1 is 1.33 bits per heavy atom. The van der Waals surface area contributed by atoms with Crippen LogP contribution in [0.1, 0.15) is 0 Å². The zero-order valence-electron chi connectivity index (χ0n) is 6.28. The molecule has 0 aliphatic heterocycles. The number of nitrogens with two attached hydrogens (primary N) is 1. The van der Waals surface area contributed by atoms with Crippen LogP contribution in [0.15, 0.2) is 30.3 Å². The van der Waals surface area contributed by atoms with Gasteiger partial charge in [0.25, 0.3) is 0 Å². The Labute approximate surface area is 80.8 Å². The quantitative estimate of drug-likeness (QED) is 0.383. The molecule has 0 atom stereocenters. The number of thiocarbonyl (C=S) groups is 1. The summed E-state index contributed by atoms with van der Waals surface area (Å²) >= 11 is 5.82. The van der Waals surface area contributed by atoms with Crippen LogP contribution in [0, 0.1) is 0 Å². The van der Waals surface area contributed by atoms with E-state index in [0.717, 1.165) is 17.6 Å². The summed E-state index contributed by atoms with van der Waals surface area (Å²) in [5.41, 5.74) is 6.62. The molecule has 0 aliphatic carbocycles. The molecule has 0 saturated heterocycles. The summed E-state index contributed by atoms with van der Waals surface area (Å²) in [4.78, 5) is 0. The van der Waals surface area contributed by atoms with Gasteiger partial charge in [0, 0.05) is 0 Å². The Hall–Kier alpha value is -0.780. The van der Waals surface area contributed by atoms with Gasteiger partial charge in [-0.25, -0.2) is 0 Å². The summed E-state index contributed by atoms with van der Waals surface area (Å²) in [6.07, 6.45) is 0. The Bertz CT molecular complexity index is 250. The fourth-order valence-corrected chi connectivity index (χ4v) is 0.835. The van der Waals surface area contributed by atoms with Gasteiger partial charge in [-0.3, -0.25) is 16.0 Å². The van der Waals surface area contributed by atoms with Crippen molar-refractivity contribution in [3.63, 3.8) is 0 Å². The second kappa shape index (κ2) is 4.97. The molecule has 1 aromatic carbocycles. The average molecular weight is 199 g/mol. The molecule has 0 saturated carbocycles. The maximum atomic E-state index is 5.21. The van der Waals surface area contributed by atoms with Gasteiger partial charge in [0.15, 0.2) is 4.32 Å². The highest BCUT2D eigenvalue weighted by atomic mass is 32.2. The van der Waals surface area contributed by atoms with Gasteiger partial charge in [-0.05, 0) is 36.3 Å². The van der Waals surface area contributed by atoms with Crippen LogP contribution in [0.5, 0.6) is 0 Å². The normalized spacial score (nSPS) is 9.08. The number of benzene rings is 1. The molecule has 3 nitrogen and oxygen atoms in total. The molecule has 0 amide bonds. The summed E-state index contributed by atoms with van der Waals surface area (Å²) < 4.78 is 0.513. The van der Waals surface area contributed by atoms with E-state index in [1.807, 2.05) is 30.3 Å². The van der Waals surface area contributed by atoms with Gasteiger partial charge >= 0.3 is 0 Å². The number of hydrogen-bond acceptors (Lipinski definition) is 4. The predicted octanol–water partition coefficient (Wildman–Crippen LogP) is 1.49. The number of para-hydroxylation sites is 1. The molecule has 0 bridgehead atoms. The lowest BCUT2D eigenvalue weighted by atomic mass is 10.3. The Morgan fingerprint density at radius 3 is 2.58 bits per heavy atom. The molecule has 4 N–H and O–H groups in total. The minimum absolute atomic E-state index is 0.513. The van der Waals surface area contributed by atoms with E-state index in [1.165, 1.54) is 0 Å². The molecule has 0 fully saturated rings. The standard InChI is InChI=1S/C7H9N3S2/c8-12-7(11)10-9-6-4-2-1-3-5-6/h1-5,9H,8H2,(H,10,11). The van der Waals surface area contributed by atoms with Crippen LogP contribution in [0.4, 0.5) is 5.69 Å². The molecular weight excluding hydrogens is 190 g/mol. The third-order valence-electron chi connectivity index (χ3n) is 1.19. The second-order valence-electron chi connectivity index (χ2n) is 2.02. The van der Waals surface area contributed by atoms with Crippen molar-refractivity contribution in [2.45, 2.75) is 0 Å². The molecular formula is C7H9N3S2. The third kappa shape index (κ3) is 3.08. The highest BCUT2D eigenvalue weighted by molar-refractivity contribution is 8.21. The van der Waals surface area contributed by atoms with Crippen LogP contribution in [-0.4, -0.2) is 4.32 Å². The number of hydrogen-bond donors (Lipinski definition) is 3. The van der Waals surface area contributed by atoms with Gasteiger partial charge in [0.2, 0.25) is 0 Å². The topological polar surface area (TPSA) is 50.1 Å². The van der Waals surface area contributed by atoms with Crippen molar-refractivity contribution in [1.82, 2.24) is 5.43 Å². The van der Waals surface area contributed by atoms with E-state index in [1.54, 1.807) is 0 Å². The Balaban J connectivity index is 2.38. The van der Waals surface area contributed by atoms with Crippen LogP contribution in [0.3, 0.4) is 0 Å². The number of rotatable bonds is 2.